The van der Waals surface area contributed by atoms with Crippen LogP contribution in [0.5, 0.6) is 5.75 Å². The zero-order valence-corrected chi connectivity index (χ0v) is 27.2. The van der Waals surface area contributed by atoms with Crippen molar-refractivity contribution >= 4 is 31.6 Å². The van der Waals surface area contributed by atoms with Crippen molar-refractivity contribution in [2.75, 3.05) is 24.4 Å². The lowest BCUT2D eigenvalue weighted by Crippen LogP contribution is -2.42. The molecule has 1 aromatic heterocycles. The Balaban J connectivity index is 1.24. The Hall–Kier alpha value is -4.39. The molecule has 4 aromatic rings. The summed E-state index contributed by atoms with van der Waals surface area (Å²) in [6.07, 6.45) is 1.64. The number of aryl methyl sites for hydroxylation is 1. The van der Waals surface area contributed by atoms with Crippen molar-refractivity contribution in [2.45, 2.75) is 56.1 Å². The van der Waals surface area contributed by atoms with E-state index in [1.807, 2.05) is 37.3 Å². The molecule has 3 N–H and O–H groups in total. The molecule has 6 rings (SSSR count). The van der Waals surface area contributed by atoms with Crippen molar-refractivity contribution < 1.29 is 28.3 Å². The topological polar surface area (TPSA) is 128 Å². The summed E-state index contributed by atoms with van der Waals surface area (Å²) in [5.74, 6) is -0.798. The van der Waals surface area contributed by atoms with E-state index in [2.05, 4.69) is 20.9 Å². The van der Waals surface area contributed by atoms with Gasteiger partial charge in [0.2, 0.25) is 8.41 Å². The van der Waals surface area contributed by atoms with Crippen LogP contribution in [0.1, 0.15) is 46.4 Å². The number of ether oxygens (including phenoxy) is 2. The minimum absolute atomic E-state index is 0.116. The van der Waals surface area contributed by atoms with Gasteiger partial charge >= 0.3 is 0 Å². The highest BCUT2D eigenvalue weighted by Crippen LogP contribution is 2.59. The maximum absolute atomic E-state index is 16.1. The Bertz CT molecular complexity index is 1730. The molecular formula is C34H38FN5O5Si. The molecule has 3 aromatic carbocycles. The Morgan fingerprint density at radius 1 is 1.17 bits per heavy atom. The first-order valence-corrected chi connectivity index (χ1v) is 18.3. The fourth-order valence-electron chi connectivity index (χ4n) is 7.06. The van der Waals surface area contributed by atoms with Crippen LogP contribution in [0.25, 0.3) is 0 Å². The average molecular weight is 644 g/mol. The van der Waals surface area contributed by atoms with Gasteiger partial charge in [-0.25, -0.2) is 0 Å². The highest BCUT2D eigenvalue weighted by Gasteiger charge is 2.65. The molecule has 2 aliphatic rings. The Kier molecular flexibility index (Phi) is 8.53. The number of carbonyl (C=O) groups is 2. The number of aromatic nitrogens is 3. The number of carbonyl (C=O) groups excluding carboxylic acids is 2. The zero-order valence-electron chi connectivity index (χ0n) is 26.2. The monoisotopic (exact) mass is 643 g/mol. The highest BCUT2D eigenvalue weighted by atomic mass is 28.4. The second kappa shape index (κ2) is 12.4. The number of aliphatic hydroxyl groups is 1. The van der Waals surface area contributed by atoms with E-state index < -0.39 is 31.6 Å². The van der Waals surface area contributed by atoms with Gasteiger partial charge in [0, 0.05) is 46.7 Å². The van der Waals surface area contributed by atoms with Crippen molar-refractivity contribution in [2.24, 2.45) is 5.92 Å². The first-order chi connectivity index (χ1) is 22.0. The first-order valence-electron chi connectivity index (χ1n) is 15.4. The summed E-state index contributed by atoms with van der Waals surface area (Å²) < 4.78 is 29.6. The molecule has 1 spiro atoms. The second-order valence-electron chi connectivity index (χ2n) is 12.5. The smallest absolute Gasteiger partial charge is 0.261 e. The molecule has 1 unspecified atom stereocenters. The van der Waals surface area contributed by atoms with Crippen LogP contribution in [0.2, 0.25) is 18.6 Å². The molecule has 3 heterocycles. The van der Waals surface area contributed by atoms with Gasteiger partial charge in [-0.3, -0.25) is 14.3 Å². The molecular weight excluding hydrogens is 605 g/mol. The van der Waals surface area contributed by atoms with Gasteiger partial charge in [0.25, 0.3) is 11.8 Å². The molecule has 2 amide bonds. The van der Waals surface area contributed by atoms with Gasteiger partial charge in [-0.05, 0) is 67.5 Å². The van der Waals surface area contributed by atoms with Crippen LogP contribution >= 0.6 is 0 Å². The summed E-state index contributed by atoms with van der Waals surface area (Å²) in [6, 6.07) is 21.6. The number of nitrogens with one attached hydrogen (secondary N) is 2. The van der Waals surface area contributed by atoms with Crippen molar-refractivity contribution in [1.82, 2.24) is 15.0 Å². The summed E-state index contributed by atoms with van der Waals surface area (Å²) >= 11 is 0. The molecule has 5 atom stereocenters. The van der Waals surface area contributed by atoms with E-state index in [4.69, 9.17) is 9.47 Å². The minimum Gasteiger partial charge on any atom is -0.497 e. The van der Waals surface area contributed by atoms with Gasteiger partial charge in [0.1, 0.15) is 5.75 Å². The quantitative estimate of drug-likeness (QED) is 0.154. The maximum Gasteiger partial charge on any atom is 0.261 e. The summed E-state index contributed by atoms with van der Waals surface area (Å²) in [5.41, 5.74) is 1.78. The molecule has 0 saturated carbocycles. The number of hydrogen-bond acceptors (Lipinski definition) is 7. The fourth-order valence-corrected chi connectivity index (χ4v) is 9.60. The average Bonchev–Trinajstić information content (AvgIpc) is 3.71. The van der Waals surface area contributed by atoms with Crippen LogP contribution in [0.15, 0.2) is 79.0 Å². The van der Waals surface area contributed by atoms with Gasteiger partial charge in [-0.15, -0.1) is 5.10 Å². The number of methoxy groups -OCH3 is 1. The lowest BCUT2D eigenvalue weighted by molar-refractivity contribution is -0.143. The molecule has 1 fully saturated rings. The summed E-state index contributed by atoms with van der Waals surface area (Å²) in [7, 11) is -1.79. The molecule has 0 aliphatic carbocycles. The predicted octanol–water partition coefficient (Wildman–Crippen LogP) is 5.48. The summed E-state index contributed by atoms with van der Waals surface area (Å²) in [4.78, 5) is 26.7. The largest absolute Gasteiger partial charge is 0.497 e. The Labute approximate surface area is 268 Å². The molecule has 0 bridgehead atoms. The number of anilines is 2. The van der Waals surface area contributed by atoms with E-state index in [0.717, 1.165) is 5.56 Å². The number of benzene rings is 3. The molecule has 0 radical (unpaired) electrons. The van der Waals surface area contributed by atoms with Crippen LogP contribution in [0.4, 0.5) is 15.5 Å². The number of fused-ring (bicyclic) bond motifs is 2. The van der Waals surface area contributed by atoms with Crippen LogP contribution in [-0.2, 0) is 21.7 Å². The minimum atomic E-state index is -3.35. The van der Waals surface area contributed by atoms with Crippen molar-refractivity contribution in [3.63, 3.8) is 0 Å². The van der Waals surface area contributed by atoms with Gasteiger partial charge in [0.05, 0.1) is 31.4 Å². The third kappa shape index (κ3) is 5.72. The number of halogens is 1. The summed E-state index contributed by atoms with van der Waals surface area (Å²) in [5, 5.41) is 24.5. The van der Waals surface area contributed by atoms with Crippen molar-refractivity contribution in [3.8, 4) is 5.75 Å². The maximum atomic E-state index is 16.1. The Morgan fingerprint density at radius 3 is 2.59 bits per heavy atom. The molecule has 2 aliphatic heterocycles. The number of amides is 2. The van der Waals surface area contributed by atoms with Gasteiger partial charge in [-0.1, -0.05) is 42.5 Å². The number of rotatable bonds is 10. The van der Waals surface area contributed by atoms with Gasteiger partial charge in [-0.2, -0.15) is 0 Å². The van der Waals surface area contributed by atoms with Gasteiger partial charge < -0.3 is 29.3 Å². The second-order valence-corrected chi connectivity index (χ2v) is 16.3. The number of hydrogen-bond donors (Lipinski definition) is 3. The van der Waals surface area contributed by atoms with E-state index in [9.17, 15) is 14.7 Å². The van der Waals surface area contributed by atoms with Crippen LogP contribution in [0.3, 0.4) is 0 Å². The standard InChI is InChI=1S/C34H38FN5O5Si/c1-21-31(46(3,4)35)30(16-17-40-19-29(38-39-40)26(20-41)22-8-6-5-7-9-22)45-34(21)27-18-24(12-15-28(27)37-33(34)43)36-32(42)23-10-13-25(44-2)14-11-23/h5-15,18-19,21,26,30-31,41H,16-17,20H2,1-4H3,(H,36,42)(H,37,43)/t21-,26?,30+,31-,34+/m0/s1. The zero-order chi connectivity index (χ0) is 32.6. The van der Waals surface area contributed by atoms with E-state index in [-0.39, 0.29) is 24.3 Å². The van der Waals surface area contributed by atoms with Crippen LogP contribution in [0, 0.1) is 5.92 Å². The highest BCUT2D eigenvalue weighted by molar-refractivity contribution is 6.72. The number of nitrogens with zero attached hydrogens (tertiary/aromatic N) is 3. The molecule has 1 saturated heterocycles. The number of aliphatic hydroxyl groups excluding tert-OH is 1. The SMILES string of the molecule is COc1ccc(C(=O)Nc2ccc3c(c2)[C@@]2(O[C@H](CCn4cc(C(CO)c5ccccc5)nn4)[C@@H]([Si](C)(C)F)[C@@H]2C)C(=O)N3)cc1. The fraction of sp³-hybridized carbons (Fsp3) is 0.353. The Morgan fingerprint density at radius 2 is 1.91 bits per heavy atom. The molecule has 10 nitrogen and oxygen atoms in total. The third-order valence-corrected chi connectivity index (χ3v) is 11.7. The van der Waals surface area contributed by atoms with E-state index >= 15 is 4.11 Å². The van der Waals surface area contributed by atoms with E-state index in [1.165, 1.54) is 0 Å². The van der Waals surface area contributed by atoms with E-state index in [0.29, 0.717) is 46.9 Å². The van der Waals surface area contributed by atoms with Crippen LogP contribution in [-0.4, -0.2) is 60.1 Å². The molecule has 46 heavy (non-hydrogen) atoms. The molecule has 12 heteroatoms. The summed E-state index contributed by atoms with van der Waals surface area (Å²) in [6.45, 7) is 5.47. The lowest BCUT2D eigenvalue weighted by atomic mass is 9.82. The van der Waals surface area contributed by atoms with Crippen LogP contribution < -0.4 is 15.4 Å². The van der Waals surface area contributed by atoms with E-state index in [1.54, 1.807) is 73.5 Å². The normalized spacial score (nSPS) is 22.8. The predicted molar refractivity (Wildman–Crippen MR) is 174 cm³/mol. The third-order valence-electron chi connectivity index (χ3n) is 9.27. The van der Waals surface area contributed by atoms with Gasteiger partial charge in [0.15, 0.2) is 5.60 Å². The first kappa shape index (κ1) is 31.6. The lowest BCUT2D eigenvalue weighted by Gasteiger charge is -2.30. The van der Waals surface area contributed by atoms with Crippen molar-refractivity contribution in [1.29, 1.82) is 0 Å². The molecule has 240 valence electrons. The van der Waals surface area contributed by atoms with Crippen molar-refractivity contribution in [3.05, 3.63) is 101 Å².